The number of aliphatic hydroxyl groups excluding tert-OH is 2. The number of phenolic OH excluding ortho intramolecular Hbond substituents is 2. The van der Waals surface area contributed by atoms with Gasteiger partial charge in [-0.15, -0.1) is 11.3 Å². The predicted molar refractivity (Wildman–Crippen MR) is 116 cm³/mol. The van der Waals surface area contributed by atoms with Gasteiger partial charge in [-0.25, -0.2) is 0 Å². The fraction of sp³-hybridized carbons (Fsp3) is 0.130. The second kappa shape index (κ2) is 8.62. The van der Waals surface area contributed by atoms with Crippen LogP contribution in [0.3, 0.4) is 0 Å². The van der Waals surface area contributed by atoms with Crippen LogP contribution >= 0.6 is 11.3 Å². The molecule has 4 N–H and O–H groups in total. The zero-order chi connectivity index (χ0) is 21.1. The van der Waals surface area contributed by atoms with Gasteiger partial charge >= 0.3 is 0 Å². The van der Waals surface area contributed by atoms with Gasteiger partial charge in [0.15, 0.2) is 5.75 Å². The van der Waals surface area contributed by atoms with Crippen molar-refractivity contribution in [2.24, 2.45) is 0 Å². The summed E-state index contributed by atoms with van der Waals surface area (Å²) in [5.74, 6) is 2.16. The number of hydrogen-bond donors (Lipinski definition) is 4. The number of aromatic hydroxyl groups is 2. The molecule has 0 aliphatic rings. The monoisotopic (exact) mass is 424 g/mol. The minimum Gasteiger partial charge on any atom is -0.508 e. The Bertz CT molecular complexity index is 1140. The highest BCUT2D eigenvalue weighted by atomic mass is 32.1. The minimum atomic E-state index is -0.928. The van der Waals surface area contributed by atoms with Crippen molar-refractivity contribution in [1.82, 2.24) is 0 Å². The lowest BCUT2D eigenvalue weighted by Crippen LogP contribution is -2.21. The van der Waals surface area contributed by atoms with Gasteiger partial charge in [0.2, 0.25) is 0 Å². The molecule has 0 unspecified atom stereocenters. The van der Waals surface area contributed by atoms with Crippen LogP contribution in [0, 0.1) is 0 Å². The third-order valence-corrected chi connectivity index (χ3v) is 5.64. The number of phenols is 2. The third kappa shape index (κ3) is 4.33. The van der Waals surface area contributed by atoms with Gasteiger partial charge in [-0.05, 0) is 72.3 Å². The van der Waals surface area contributed by atoms with Crippen molar-refractivity contribution in [2.45, 2.75) is 6.10 Å². The van der Waals surface area contributed by atoms with Gasteiger partial charge in [0.05, 0.1) is 11.5 Å². The number of thiophene rings is 1. The Kier molecular flexibility index (Phi) is 5.76. The number of ether oxygens (including phenoxy) is 2. The first-order valence-corrected chi connectivity index (χ1v) is 10.1. The second-order valence-corrected chi connectivity index (χ2v) is 7.76. The highest BCUT2D eigenvalue weighted by Gasteiger charge is 2.17. The van der Waals surface area contributed by atoms with E-state index in [4.69, 9.17) is 14.6 Å². The molecule has 4 rings (SSSR count). The van der Waals surface area contributed by atoms with Crippen LogP contribution in [-0.4, -0.2) is 39.7 Å². The fourth-order valence-corrected chi connectivity index (χ4v) is 4.10. The normalized spacial score (nSPS) is 12.1. The zero-order valence-corrected chi connectivity index (χ0v) is 16.7. The summed E-state index contributed by atoms with van der Waals surface area (Å²) in [4.78, 5) is 0.877. The molecule has 30 heavy (non-hydrogen) atoms. The van der Waals surface area contributed by atoms with Gasteiger partial charge in [0, 0.05) is 10.1 Å². The molecule has 0 amide bonds. The summed E-state index contributed by atoms with van der Waals surface area (Å²) in [5.41, 5.74) is 0.890. The maximum absolute atomic E-state index is 9.85. The van der Waals surface area contributed by atoms with Gasteiger partial charge in [-0.2, -0.15) is 0 Å². The number of hydrogen-bond acceptors (Lipinski definition) is 7. The Morgan fingerprint density at radius 2 is 1.50 bits per heavy atom. The van der Waals surface area contributed by atoms with Gasteiger partial charge in [0.1, 0.15) is 35.7 Å². The maximum Gasteiger partial charge on any atom is 0.153 e. The highest BCUT2D eigenvalue weighted by Crippen LogP contribution is 2.47. The van der Waals surface area contributed by atoms with Crippen LogP contribution in [0.4, 0.5) is 0 Å². The van der Waals surface area contributed by atoms with Crippen molar-refractivity contribution in [3.8, 4) is 39.2 Å². The standard InChI is InChI=1S/C23H20O6S/c24-12-17(27)13-28-18-6-8-19(9-7-18)29-22-20-10-5-16(26)11-21(20)30-23(22)14-1-3-15(25)4-2-14/h1-11,17,24-27H,12-13H2/t17-/m1/s1. The summed E-state index contributed by atoms with van der Waals surface area (Å²) in [6, 6.07) is 18.9. The van der Waals surface area contributed by atoms with Gasteiger partial charge in [-0.3, -0.25) is 0 Å². The summed E-state index contributed by atoms with van der Waals surface area (Å²) in [6.07, 6.45) is -0.928. The SMILES string of the molecule is OC[C@@H](O)COc1ccc(Oc2c(-c3ccc(O)cc3)sc3cc(O)ccc23)cc1. The molecule has 1 heterocycles. The van der Waals surface area contributed by atoms with E-state index in [2.05, 4.69) is 0 Å². The van der Waals surface area contributed by atoms with E-state index in [-0.39, 0.29) is 24.7 Å². The van der Waals surface area contributed by atoms with E-state index in [0.717, 1.165) is 20.5 Å². The van der Waals surface area contributed by atoms with Crippen LogP contribution in [0.2, 0.25) is 0 Å². The third-order valence-electron chi connectivity index (χ3n) is 4.45. The first-order chi connectivity index (χ1) is 14.5. The van der Waals surface area contributed by atoms with E-state index in [9.17, 15) is 15.3 Å². The number of aliphatic hydroxyl groups is 2. The van der Waals surface area contributed by atoms with Crippen LogP contribution in [-0.2, 0) is 0 Å². The van der Waals surface area contributed by atoms with Crippen molar-refractivity contribution >= 4 is 21.4 Å². The van der Waals surface area contributed by atoms with Crippen LogP contribution in [0.1, 0.15) is 0 Å². The Morgan fingerprint density at radius 3 is 2.20 bits per heavy atom. The fourth-order valence-electron chi connectivity index (χ4n) is 2.93. The van der Waals surface area contributed by atoms with E-state index < -0.39 is 6.10 Å². The molecule has 6 nitrogen and oxygen atoms in total. The van der Waals surface area contributed by atoms with E-state index in [1.54, 1.807) is 48.5 Å². The van der Waals surface area contributed by atoms with E-state index in [1.165, 1.54) is 11.3 Å². The number of fused-ring (bicyclic) bond motifs is 1. The molecule has 1 aromatic heterocycles. The quantitative estimate of drug-likeness (QED) is 0.349. The first kappa shape index (κ1) is 20.0. The van der Waals surface area contributed by atoms with Crippen LogP contribution in [0.5, 0.6) is 28.7 Å². The lowest BCUT2D eigenvalue weighted by molar-refractivity contribution is 0.0536. The lowest BCUT2D eigenvalue weighted by atomic mass is 10.1. The van der Waals surface area contributed by atoms with Crippen molar-refractivity contribution in [1.29, 1.82) is 0 Å². The van der Waals surface area contributed by atoms with Gasteiger partial charge in [-0.1, -0.05) is 0 Å². The first-order valence-electron chi connectivity index (χ1n) is 9.28. The highest BCUT2D eigenvalue weighted by molar-refractivity contribution is 7.22. The molecule has 3 aromatic carbocycles. The van der Waals surface area contributed by atoms with Crippen molar-refractivity contribution in [2.75, 3.05) is 13.2 Å². The Hall–Kier alpha value is -3.26. The van der Waals surface area contributed by atoms with Crippen LogP contribution < -0.4 is 9.47 Å². The van der Waals surface area contributed by atoms with Gasteiger partial charge in [0.25, 0.3) is 0 Å². The van der Waals surface area contributed by atoms with Crippen LogP contribution in [0.25, 0.3) is 20.5 Å². The summed E-state index contributed by atoms with van der Waals surface area (Å²) >= 11 is 1.49. The summed E-state index contributed by atoms with van der Waals surface area (Å²) < 4.78 is 12.5. The Labute approximate surface area is 176 Å². The summed E-state index contributed by atoms with van der Waals surface area (Å²) in [7, 11) is 0. The zero-order valence-electron chi connectivity index (χ0n) is 15.9. The summed E-state index contributed by atoms with van der Waals surface area (Å²) in [6.45, 7) is -0.359. The van der Waals surface area contributed by atoms with E-state index >= 15 is 0 Å². The van der Waals surface area contributed by atoms with Crippen molar-refractivity contribution < 1.29 is 29.9 Å². The molecule has 0 bridgehead atoms. The topological polar surface area (TPSA) is 99.4 Å². The minimum absolute atomic E-state index is 0.000363. The largest absolute Gasteiger partial charge is 0.508 e. The molecule has 0 fully saturated rings. The van der Waals surface area contributed by atoms with Crippen molar-refractivity contribution in [3.63, 3.8) is 0 Å². The Morgan fingerprint density at radius 1 is 0.833 bits per heavy atom. The molecule has 4 aromatic rings. The molecule has 1 atom stereocenters. The number of rotatable bonds is 7. The number of benzene rings is 3. The van der Waals surface area contributed by atoms with E-state index in [0.29, 0.717) is 17.2 Å². The van der Waals surface area contributed by atoms with E-state index in [1.807, 2.05) is 18.2 Å². The molecule has 154 valence electrons. The van der Waals surface area contributed by atoms with Crippen LogP contribution in [0.15, 0.2) is 66.7 Å². The molecule has 0 saturated carbocycles. The smallest absolute Gasteiger partial charge is 0.153 e. The second-order valence-electron chi connectivity index (χ2n) is 6.71. The summed E-state index contributed by atoms with van der Waals surface area (Å²) in [5, 5.41) is 38.6. The molecular formula is C23H20O6S. The molecular weight excluding hydrogens is 404 g/mol. The van der Waals surface area contributed by atoms with Crippen molar-refractivity contribution in [3.05, 3.63) is 66.7 Å². The maximum atomic E-state index is 9.85. The Balaban J connectivity index is 1.66. The lowest BCUT2D eigenvalue weighted by Gasteiger charge is -2.11. The van der Waals surface area contributed by atoms with Gasteiger partial charge < -0.3 is 29.9 Å². The molecule has 0 aliphatic heterocycles. The molecule has 0 spiro atoms. The molecule has 7 heteroatoms. The molecule has 0 aliphatic carbocycles. The molecule has 0 saturated heterocycles. The molecule has 0 radical (unpaired) electrons. The average Bonchev–Trinajstić information content (AvgIpc) is 3.10. The predicted octanol–water partition coefficient (Wildman–Crippen LogP) is 4.50. The average molecular weight is 424 g/mol.